The van der Waals surface area contributed by atoms with Crippen LogP contribution in [0.1, 0.15) is 19.8 Å². The number of aliphatic hydroxyl groups excluding tert-OH is 2. The molecule has 0 saturated carbocycles. The fourth-order valence-corrected chi connectivity index (χ4v) is 0.753. The molecule has 0 aliphatic heterocycles. The molecule has 0 fully saturated rings. The minimum Gasteiger partial charge on any atom is -0.394 e. The van der Waals surface area contributed by atoms with Crippen LogP contribution < -0.4 is 0 Å². The van der Waals surface area contributed by atoms with Crippen LogP contribution in [0, 0.1) is 5.92 Å². The summed E-state index contributed by atoms with van der Waals surface area (Å²) in [6.45, 7) is 5.35. The zero-order chi connectivity index (χ0) is 7.98. The molecule has 0 saturated heterocycles. The first-order valence-corrected chi connectivity index (χ1v) is 3.62. The first-order chi connectivity index (χ1) is 4.72. The Labute approximate surface area is 62.2 Å². The minimum atomic E-state index is -0.569. The third kappa shape index (κ3) is 3.64. The fourth-order valence-electron chi connectivity index (χ4n) is 0.753. The third-order valence-corrected chi connectivity index (χ3v) is 1.67. The van der Waals surface area contributed by atoms with Gasteiger partial charge in [-0.2, -0.15) is 0 Å². The summed E-state index contributed by atoms with van der Waals surface area (Å²) >= 11 is 0. The molecule has 0 aromatic rings. The van der Waals surface area contributed by atoms with E-state index in [1.165, 1.54) is 0 Å². The van der Waals surface area contributed by atoms with E-state index in [0.29, 0.717) is 0 Å². The molecular formula is C8H16O2. The van der Waals surface area contributed by atoms with E-state index in [2.05, 4.69) is 6.58 Å². The quantitative estimate of drug-likeness (QED) is 0.564. The molecule has 0 aromatic heterocycles. The van der Waals surface area contributed by atoms with Gasteiger partial charge in [0, 0.05) is 0 Å². The number of rotatable bonds is 5. The van der Waals surface area contributed by atoms with Crippen LogP contribution >= 0.6 is 0 Å². The van der Waals surface area contributed by atoms with E-state index in [9.17, 15) is 0 Å². The first kappa shape index (κ1) is 9.66. The van der Waals surface area contributed by atoms with Crippen LogP contribution in [0.4, 0.5) is 0 Å². The van der Waals surface area contributed by atoms with Crippen LogP contribution in [-0.2, 0) is 0 Å². The second-order valence-corrected chi connectivity index (χ2v) is 2.59. The molecule has 0 aliphatic rings. The lowest BCUT2D eigenvalue weighted by Gasteiger charge is -2.14. The topological polar surface area (TPSA) is 40.5 Å². The van der Waals surface area contributed by atoms with Crippen LogP contribution in [0.25, 0.3) is 0 Å². The zero-order valence-corrected chi connectivity index (χ0v) is 6.45. The Bertz CT molecular complexity index is 91.3. The van der Waals surface area contributed by atoms with Crippen molar-refractivity contribution >= 4 is 0 Å². The average Bonchev–Trinajstić information content (AvgIpc) is 1.98. The highest BCUT2D eigenvalue weighted by atomic mass is 16.3. The summed E-state index contributed by atoms with van der Waals surface area (Å²) in [4.78, 5) is 0. The Morgan fingerprint density at radius 1 is 1.60 bits per heavy atom. The smallest absolute Gasteiger partial charge is 0.0796 e. The summed E-state index contributed by atoms with van der Waals surface area (Å²) in [5, 5.41) is 17.6. The molecule has 0 aliphatic carbocycles. The van der Waals surface area contributed by atoms with E-state index in [-0.39, 0.29) is 12.5 Å². The predicted molar refractivity (Wildman–Crippen MR) is 41.7 cm³/mol. The van der Waals surface area contributed by atoms with Crippen molar-refractivity contribution in [2.45, 2.75) is 25.9 Å². The highest BCUT2D eigenvalue weighted by Crippen LogP contribution is 2.09. The number of hydrogen-bond acceptors (Lipinski definition) is 2. The summed E-state index contributed by atoms with van der Waals surface area (Å²) in [5.41, 5.74) is 0. The summed E-state index contributed by atoms with van der Waals surface area (Å²) in [5.74, 6) is 0.169. The Morgan fingerprint density at radius 2 is 2.20 bits per heavy atom. The van der Waals surface area contributed by atoms with Crippen LogP contribution in [0.2, 0.25) is 0 Å². The van der Waals surface area contributed by atoms with Crippen LogP contribution in [0.5, 0.6) is 0 Å². The molecule has 0 amide bonds. The van der Waals surface area contributed by atoms with Gasteiger partial charge in [0.25, 0.3) is 0 Å². The summed E-state index contributed by atoms with van der Waals surface area (Å²) < 4.78 is 0. The Morgan fingerprint density at radius 3 is 2.60 bits per heavy atom. The van der Waals surface area contributed by atoms with Gasteiger partial charge in [0.05, 0.1) is 12.7 Å². The Kier molecular flexibility index (Phi) is 5.26. The molecule has 2 heteroatoms. The molecule has 0 rings (SSSR count). The second-order valence-electron chi connectivity index (χ2n) is 2.59. The van der Waals surface area contributed by atoms with Gasteiger partial charge < -0.3 is 10.2 Å². The number of hydrogen-bond donors (Lipinski definition) is 2. The van der Waals surface area contributed by atoms with E-state index < -0.39 is 6.10 Å². The number of allylic oxidation sites excluding steroid dienone is 1. The van der Waals surface area contributed by atoms with Gasteiger partial charge in [0.15, 0.2) is 0 Å². The molecule has 10 heavy (non-hydrogen) atoms. The predicted octanol–water partition coefficient (Wildman–Crippen LogP) is 0.942. The van der Waals surface area contributed by atoms with Crippen molar-refractivity contribution in [1.29, 1.82) is 0 Å². The van der Waals surface area contributed by atoms with Crippen LogP contribution in [-0.4, -0.2) is 22.9 Å². The molecule has 2 atom stereocenters. The third-order valence-electron chi connectivity index (χ3n) is 1.67. The van der Waals surface area contributed by atoms with Crippen molar-refractivity contribution in [1.82, 2.24) is 0 Å². The second kappa shape index (κ2) is 5.45. The van der Waals surface area contributed by atoms with Gasteiger partial charge in [-0.1, -0.05) is 13.0 Å². The van der Waals surface area contributed by atoms with Gasteiger partial charge in [-0.05, 0) is 18.8 Å². The molecule has 0 bridgehead atoms. The van der Waals surface area contributed by atoms with Crippen molar-refractivity contribution < 1.29 is 10.2 Å². The molecule has 2 N–H and O–H groups in total. The maximum atomic E-state index is 9.07. The maximum absolute atomic E-state index is 9.07. The van der Waals surface area contributed by atoms with Gasteiger partial charge in [-0.3, -0.25) is 0 Å². The lowest BCUT2D eigenvalue weighted by molar-refractivity contribution is 0.0508. The van der Waals surface area contributed by atoms with Crippen molar-refractivity contribution in [3.05, 3.63) is 12.7 Å². The molecule has 0 unspecified atom stereocenters. The molecule has 0 spiro atoms. The van der Waals surface area contributed by atoms with E-state index in [0.717, 1.165) is 12.8 Å². The van der Waals surface area contributed by atoms with Gasteiger partial charge in [-0.25, -0.2) is 0 Å². The highest BCUT2D eigenvalue weighted by molar-refractivity contribution is 4.71. The zero-order valence-electron chi connectivity index (χ0n) is 6.45. The van der Waals surface area contributed by atoms with Gasteiger partial charge >= 0.3 is 0 Å². The standard InChI is InChI=1S/C8H16O2/c1-3-4-5-7(2)8(10)6-9/h3,7-10H,1,4-6H2,2H3/t7-,8+/m0/s1. The van der Waals surface area contributed by atoms with Crippen LogP contribution in [0.15, 0.2) is 12.7 Å². The summed E-state index contributed by atoms with van der Waals surface area (Å²) in [6.07, 6.45) is 3.05. The van der Waals surface area contributed by atoms with E-state index in [4.69, 9.17) is 10.2 Å². The first-order valence-electron chi connectivity index (χ1n) is 3.62. The van der Waals surface area contributed by atoms with Crippen molar-refractivity contribution in [3.63, 3.8) is 0 Å². The molecule has 60 valence electrons. The van der Waals surface area contributed by atoms with E-state index in [1.807, 2.05) is 13.0 Å². The molecular weight excluding hydrogens is 128 g/mol. The molecule has 2 nitrogen and oxygen atoms in total. The normalized spacial score (nSPS) is 16.3. The van der Waals surface area contributed by atoms with Gasteiger partial charge in [-0.15, -0.1) is 6.58 Å². The van der Waals surface area contributed by atoms with E-state index >= 15 is 0 Å². The maximum Gasteiger partial charge on any atom is 0.0796 e. The molecule has 0 radical (unpaired) electrons. The Balaban J connectivity index is 3.40. The molecule has 0 aromatic carbocycles. The van der Waals surface area contributed by atoms with Crippen molar-refractivity contribution in [2.24, 2.45) is 5.92 Å². The largest absolute Gasteiger partial charge is 0.394 e. The monoisotopic (exact) mass is 144 g/mol. The highest BCUT2D eigenvalue weighted by Gasteiger charge is 2.10. The van der Waals surface area contributed by atoms with Gasteiger partial charge in [0.2, 0.25) is 0 Å². The van der Waals surface area contributed by atoms with E-state index in [1.54, 1.807) is 0 Å². The summed E-state index contributed by atoms with van der Waals surface area (Å²) in [7, 11) is 0. The minimum absolute atomic E-state index is 0.141. The average molecular weight is 144 g/mol. The van der Waals surface area contributed by atoms with Crippen molar-refractivity contribution in [3.8, 4) is 0 Å². The lowest BCUT2D eigenvalue weighted by atomic mass is 10.00. The van der Waals surface area contributed by atoms with Gasteiger partial charge in [0.1, 0.15) is 0 Å². The lowest BCUT2D eigenvalue weighted by Crippen LogP contribution is -2.21. The van der Waals surface area contributed by atoms with Crippen molar-refractivity contribution in [2.75, 3.05) is 6.61 Å². The SMILES string of the molecule is C=CCC[C@H](C)[C@H](O)CO. The number of aliphatic hydroxyl groups is 2. The molecule has 0 heterocycles. The Hall–Kier alpha value is -0.340. The summed E-state index contributed by atoms with van der Waals surface area (Å²) in [6, 6.07) is 0. The fraction of sp³-hybridized carbons (Fsp3) is 0.750. The van der Waals surface area contributed by atoms with Crippen LogP contribution in [0.3, 0.4) is 0 Å².